The van der Waals surface area contributed by atoms with Crippen LogP contribution in [0.1, 0.15) is 25.8 Å². The Hall–Kier alpha value is -1.90. The van der Waals surface area contributed by atoms with E-state index in [1.807, 2.05) is 12.1 Å². The van der Waals surface area contributed by atoms with Crippen molar-refractivity contribution < 1.29 is 9.13 Å². The number of rotatable bonds is 6. The van der Waals surface area contributed by atoms with E-state index in [0.717, 1.165) is 96.6 Å². The van der Waals surface area contributed by atoms with E-state index in [-0.39, 0.29) is 5.82 Å². The van der Waals surface area contributed by atoms with Crippen molar-refractivity contribution in [2.45, 2.75) is 32.9 Å². The molecule has 3 aliphatic rings. The summed E-state index contributed by atoms with van der Waals surface area (Å²) in [6, 6.07) is 6.18. The van der Waals surface area contributed by atoms with Crippen LogP contribution >= 0.6 is 0 Å². The molecule has 0 bridgehead atoms. The van der Waals surface area contributed by atoms with Crippen LogP contribution in [0.2, 0.25) is 0 Å². The average Bonchev–Trinajstić information content (AvgIpc) is 3.33. The van der Waals surface area contributed by atoms with Gasteiger partial charge < -0.3 is 24.8 Å². The number of nitrogens with zero attached hydrogens (tertiary/aromatic N) is 5. The van der Waals surface area contributed by atoms with Crippen LogP contribution in [-0.4, -0.2) is 105 Å². The molecule has 1 aromatic carbocycles. The number of morpholine rings is 1. The molecule has 178 valence electrons. The normalized spacial score (nSPS) is 23.7. The number of likely N-dealkylation sites (tertiary alicyclic amines) is 1. The molecule has 4 rings (SSSR count). The fraction of sp³-hybridized carbons (Fsp3) is 0.708. The number of hydrogen-bond donors (Lipinski definition) is 1. The van der Waals surface area contributed by atoms with Gasteiger partial charge >= 0.3 is 0 Å². The Kier molecular flexibility index (Phi) is 8.21. The van der Waals surface area contributed by atoms with Crippen molar-refractivity contribution in [3.8, 4) is 0 Å². The molecule has 0 saturated carbocycles. The lowest BCUT2D eigenvalue weighted by molar-refractivity contribution is 0.0195. The third-order valence-corrected chi connectivity index (χ3v) is 6.94. The summed E-state index contributed by atoms with van der Waals surface area (Å²) in [7, 11) is 0. The summed E-state index contributed by atoms with van der Waals surface area (Å²) in [5, 5.41) is 3.43. The van der Waals surface area contributed by atoms with Gasteiger partial charge in [-0.05, 0) is 37.6 Å². The number of likely N-dealkylation sites (N-methyl/N-ethyl adjacent to an activating group) is 1. The molecule has 3 aliphatic heterocycles. The molecule has 1 aromatic rings. The second-order valence-corrected chi connectivity index (χ2v) is 8.91. The molecular formula is C24H39FN6O. The minimum atomic E-state index is -0.138. The number of benzene rings is 1. The highest BCUT2D eigenvalue weighted by molar-refractivity contribution is 5.80. The van der Waals surface area contributed by atoms with Crippen molar-refractivity contribution in [3.63, 3.8) is 0 Å². The first-order valence-corrected chi connectivity index (χ1v) is 12.3. The van der Waals surface area contributed by atoms with Gasteiger partial charge in [0.2, 0.25) is 0 Å². The topological polar surface area (TPSA) is 46.6 Å². The Labute approximate surface area is 192 Å². The van der Waals surface area contributed by atoms with Gasteiger partial charge in [0.1, 0.15) is 5.82 Å². The number of anilines is 1. The summed E-state index contributed by atoms with van der Waals surface area (Å²) in [5.74, 6) is 0.796. The average molecular weight is 447 g/mol. The Morgan fingerprint density at radius 3 is 2.56 bits per heavy atom. The number of guanidine groups is 1. The maximum atomic E-state index is 14.9. The third kappa shape index (κ3) is 5.71. The standard InChI is InChI=1S/C24H39FN6O/c1-3-26-24(31-8-7-21(19-31)29-13-15-32-16-14-29)27-18-20-5-6-23(22(25)17-20)30-11-9-28(4-2)10-12-30/h5-6,17,21H,3-4,7-16,18-19H2,1-2H3,(H,26,27). The van der Waals surface area contributed by atoms with Crippen LogP contribution in [0.15, 0.2) is 23.2 Å². The lowest BCUT2D eigenvalue weighted by atomic mass is 10.1. The fourth-order valence-electron chi connectivity index (χ4n) is 4.98. The first kappa shape index (κ1) is 23.3. The van der Waals surface area contributed by atoms with E-state index in [0.29, 0.717) is 18.3 Å². The zero-order valence-corrected chi connectivity index (χ0v) is 19.7. The minimum absolute atomic E-state index is 0.138. The fourth-order valence-corrected chi connectivity index (χ4v) is 4.98. The molecule has 0 aliphatic carbocycles. The lowest BCUT2D eigenvalue weighted by Crippen LogP contribution is -2.46. The summed E-state index contributed by atoms with van der Waals surface area (Å²) in [6.45, 7) is 16.1. The van der Waals surface area contributed by atoms with Gasteiger partial charge in [-0.2, -0.15) is 0 Å². The number of ether oxygens (including phenoxy) is 1. The van der Waals surface area contributed by atoms with Gasteiger partial charge in [0.05, 0.1) is 25.4 Å². The quantitative estimate of drug-likeness (QED) is 0.532. The summed E-state index contributed by atoms with van der Waals surface area (Å²) < 4.78 is 20.4. The number of aliphatic imine (C=N–C) groups is 1. The molecule has 0 radical (unpaired) electrons. The van der Waals surface area contributed by atoms with E-state index < -0.39 is 0 Å². The maximum absolute atomic E-state index is 14.9. The smallest absolute Gasteiger partial charge is 0.194 e. The summed E-state index contributed by atoms with van der Waals surface area (Å²) in [6.07, 6.45) is 1.15. The van der Waals surface area contributed by atoms with Crippen molar-refractivity contribution >= 4 is 11.6 Å². The molecule has 3 heterocycles. The lowest BCUT2D eigenvalue weighted by Gasteiger charge is -2.35. The van der Waals surface area contributed by atoms with E-state index in [1.54, 1.807) is 6.07 Å². The highest BCUT2D eigenvalue weighted by Crippen LogP contribution is 2.23. The molecule has 3 saturated heterocycles. The molecule has 0 spiro atoms. The molecule has 7 nitrogen and oxygen atoms in total. The zero-order valence-electron chi connectivity index (χ0n) is 19.7. The number of halogens is 1. The summed E-state index contributed by atoms with van der Waals surface area (Å²) in [5.41, 5.74) is 1.63. The van der Waals surface area contributed by atoms with E-state index in [4.69, 9.17) is 9.73 Å². The van der Waals surface area contributed by atoms with Crippen LogP contribution in [0.4, 0.5) is 10.1 Å². The zero-order chi connectivity index (χ0) is 22.3. The molecule has 0 amide bonds. The van der Waals surface area contributed by atoms with Gasteiger partial charge in [-0.15, -0.1) is 0 Å². The van der Waals surface area contributed by atoms with Gasteiger partial charge in [-0.1, -0.05) is 13.0 Å². The minimum Gasteiger partial charge on any atom is -0.379 e. The van der Waals surface area contributed by atoms with Gasteiger partial charge in [0, 0.05) is 64.9 Å². The highest BCUT2D eigenvalue weighted by atomic mass is 19.1. The summed E-state index contributed by atoms with van der Waals surface area (Å²) in [4.78, 5) is 14.3. The Balaban J connectivity index is 1.36. The van der Waals surface area contributed by atoms with Crippen LogP contribution in [-0.2, 0) is 11.3 Å². The van der Waals surface area contributed by atoms with Crippen LogP contribution < -0.4 is 10.2 Å². The molecule has 0 aromatic heterocycles. The van der Waals surface area contributed by atoms with Crippen LogP contribution in [0.3, 0.4) is 0 Å². The monoisotopic (exact) mass is 446 g/mol. The van der Waals surface area contributed by atoms with Crippen molar-refractivity contribution in [3.05, 3.63) is 29.6 Å². The first-order chi connectivity index (χ1) is 15.7. The second kappa shape index (κ2) is 11.3. The number of nitrogens with one attached hydrogen (secondary N) is 1. The van der Waals surface area contributed by atoms with Gasteiger partial charge in [-0.3, -0.25) is 4.90 Å². The van der Waals surface area contributed by atoms with Gasteiger partial charge in [-0.25, -0.2) is 9.38 Å². The third-order valence-electron chi connectivity index (χ3n) is 6.94. The van der Waals surface area contributed by atoms with Crippen molar-refractivity contribution in [2.75, 3.05) is 83.6 Å². The van der Waals surface area contributed by atoms with E-state index in [1.165, 1.54) is 0 Å². The summed E-state index contributed by atoms with van der Waals surface area (Å²) >= 11 is 0. The van der Waals surface area contributed by atoms with Crippen LogP contribution in [0.25, 0.3) is 0 Å². The van der Waals surface area contributed by atoms with Crippen molar-refractivity contribution in [1.82, 2.24) is 20.0 Å². The maximum Gasteiger partial charge on any atom is 0.194 e. The largest absolute Gasteiger partial charge is 0.379 e. The van der Waals surface area contributed by atoms with Crippen LogP contribution in [0, 0.1) is 5.82 Å². The predicted octanol–water partition coefficient (Wildman–Crippen LogP) is 1.84. The van der Waals surface area contributed by atoms with E-state index in [2.05, 4.69) is 38.8 Å². The van der Waals surface area contributed by atoms with Gasteiger partial charge in [0.25, 0.3) is 0 Å². The molecule has 1 atom stereocenters. The highest BCUT2D eigenvalue weighted by Gasteiger charge is 2.30. The predicted molar refractivity (Wildman–Crippen MR) is 128 cm³/mol. The first-order valence-electron chi connectivity index (χ1n) is 12.3. The number of piperazine rings is 1. The Morgan fingerprint density at radius 1 is 1.09 bits per heavy atom. The van der Waals surface area contributed by atoms with E-state index in [9.17, 15) is 4.39 Å². The van der Waals surface area contributed by atoms with Crippen molar-refractivity contribution in [1.29, 1.82) is 0 Å². The van der Waals surface area contributed by atoms with E-state index >= 15 is 0 Å². The second-order valence-electron chi connectivity index (χ2n) is 8.91. The molecule has 3 fully saturated rings. The van der Waals surface area contributed by atoms with Crippen molar-refractivity contribution in [2.24, 2.45) is 4.99 Å². The molecule has 1 N–H and O–H groups in total. The molecule has 32 heavy (non-hydrogen) atoms. The SMILES string of the molecule is CCNC(=NCc1ccc(N2CCN(CC)CC2)c(F)c1)N1CCC(N2CCOCC2)C1. The van der Waals surface area contributed by atoms with Gasteiger partial charge in [0.15, 0.2) is 5.96 Å². The Bertz CT molecular complexity index is 761. The molecular weight excluding hydrogens is 407 g/mol. The van der Waals surface area contributed by atoms with Crippen LogP contribution in [0.5, 0.6) is 0 Å². The molecule has 1 unspecified atom stereocenters. The number of hydrogen-bond acceptors (Lipinski definition) is 5. The Morgan fingerprint density at radius 2 is 1.88 bits per heavy atom. The molecule has 8 heteroatoms.